The molecule has 36 heavy (non-hydrogen) atoms. The Bertz CT molecular complexity index is 1850. The van der Waals surface area contributed by atoms with Crippen molar-refractivity contribution in [1.29, 1.82) is 0 Å². The molecule has 178 valence electrons. The van der Waals surface area contributed by atoms with Crippen molar-refractivity contribution in [2.45, 2.75) is 13.5 Å². The van der Waals surface area contributed by atoms with Gasteiger partial charge in [0.25, 0.3) is 5.56 Å². The lowest BCUT2D eigenvalue weighted by Crippen LogP contribution is -2.25. The molecule has 0 unspecified atom stereocenters. The maximum absolute atomic E-state index is 15.0. The second kappa shape index (κ2) is 8.12. The van der Waals surface area contributed by atoms with E-state index in [-0.39, 0.29) is 23.6 Å². The molecule has 4 aromatic heterocycles. The van der Waals surface area contributed by atoms with Gasteiger partial charge in [-0.15, -0.1) is 0 Å². The Hall–Kier alpha value is -4.86. The molecule has 2 N–H and O–H groups in total. The molecule has 0 saturated carbocycles. The maximum Gasteiger partial charge on any atom is 0.263 e. The third-order valence-electron chi connectivity index (χ3n) is 6.27. The quantitative estimate of drug-likeness (QED) is 0.413. The van der Waals surface area contributed by atoms with Crippen LogP contribution in [-0.4, -0.2) is 34.1 Å². The molecule has 0 amide bonds. The van der Waals surface area contributed by atoms with E-state index in [0.717, 1.165) is 16.5 Å². The van der Waals surface area contributed by atoms with E-state index >= 15 is 0 Å². The fourth-order valence-corrected chi connectivity index (χ4v) is 4.64. The zero-order valence-electron chi connectivity index (χ0n) is 19.6. The molecule has 6 aromatic rings. The molecule has 6 rings (SSSR count). The van der Waals surface area contributed by atoms with E-state index < -0.39 is 5.82 Å². The topological polar surface area (TPSA) is 109 Å². The van der Waals surface area contributed by atoms with Gasteiger partial charge in [0.05, 0.1) is 29.2 Å². The lowest BCUT2D eigenvalue weighted by Gasteiger charge is -2.16. The van der Waals surface area contributed by atoms with Gasteiger partial charge in [0.2, 0.25) is 0 Å². The van der Waals surface area contributed by atoms with Gasteiger partial charge in [-0.2, -0.15) is 10.2 Å². The molecule has 0 radical (unpaired) electrons. The molecule has 0 aliphatic heterocycles. The van der Waals surface area contributed by atoms with Gasteiger partial charge in [-0.05, 0) is 36.1 Å². The number of benzene rings is 2. The van der Waals surface area contributed by atoms with Gasteiger partial charge in [0.15, 0.2) is 5.65 Å². The van der Waals surface area contributed by atoms with Crippen LogP contribution in [0.25, 0.3) is 38.8 Å². The van der Waals surface area contributed by atoms with Crippen LogP contribution in [0, 0.1) is 12.7 Å². The highest BCUT2D eigenvalue weighted by atomic mass is 19.1. The number of para-hydroxylation sites is 1. The molecule has 10 heteroatoms. The molecular formula is C26H21FN8O. The molecule has 9 nitrogen and oxygen atoms in total. The fourth-order valence-electron chi connectivity index (χ4n) is 4.64. The van der Waals surface area contributed by atoms with Crippen molar-refractivity contribution in [2.24, 2.45) is 7.05 Å². The highest BCUT2D eigenvalue weighted by Crippen LogP contribution is 2.30. The Kier molecular flexibility index (Phi) is 4.89. The van der Waals surface area contributed by atoms with Gasteiger partial charge in [-0.1, -0.05) is 30.3 Å². The first-order valence-electron chi connectivity index (χ1n) is 11.3. The summed E-state index contributed by atoms with van der Waals surface area (Å²) in [4.78, 5) is 22.3. The average Bonchev–Trinajstić information content (AvgIpc) is 3.44. The smallest absolute Gasteiger partial charge is 0.263 e. The number of anilines is 1. The van der Waals surface area contributed by atoms with E-state index in [4.69, 9.17) is 10.8 Å². The summed E-state index contributed by atoms with van der Waals surface area (Å²) in [6, 6.07) is 13.8. The van der Waals surface area contributed by atoms with Gasteiger partial charge in [-0.3, -0.25) is 14.0 Å². The molecule has 0 saturated heterocycles. The minimum atomic E-state index is -0.498. The lowest BCUT2D eigenvalue weighted by atomic mass is 10.1. The van der Waals surface area contributed by atoms with E-state index in [1.165, 1.54) is 17.0 Å². The van der Waals surface area contributed by atoms with Crippen LogP contribution < -0.4 is 11.3 Å². The van der Waals surface area contributed by atoms with E-state index in [1.54, 1.807) is 33.8 Å². The predicted molar refractivity (Wildman–Crippen MR) is 135 cm³/mol. The third kappa shape index (κ3) is 3.34. The Balaban J connectivity index is 1.63. The molecule has 2 aromatic carbocycles. The number of nitrogen functional groups attached to an aromatic ring is 1. The van der Waals surface area contributed by atoms with E-state index in [2.05, 4.69) is 15.1 Å². The number of hydrogen-bond acceptors (Lipinski definition) is 6. The second-order valence-electron chi connectivity index (χ2n) is 8.63. The largest absolute Gasteiger partial charge is 0.383 e. The summed E-state index contributed by atoms with van der Waals surface area (Å²) >= 11 is 0. The third-order valence-corrected chi connectivity index (χ3v) is 6.27. The van der Waals surface area contributed by atoms with Crippen molar-refractivity contribution < 1.29 is 4.39 Å². The average molecular weight is 481 g/mol. The summed E-state index contributed by atoms with van der Waals surface area (Å²) in [6.45, 7) is 2.01. The van der Waals surface area contributed by atoms with Crippen LogP contribution in [0.15, 0.2) is 72.0 Å². The van der Waals surface area contributed by atoms with E-state index in [0.29, 0.717) is 27.8 Å². The Morgan fingerprint density at radius 1 is 1.06 bits per heavy atom. The number of aryl methyl sites for hydroxylation is 2. The Morgan fingerprint density at radius 2 is 1.89 bits per heavy atom. The summed E-state index contributed by atoms with van der Waals surface area (Å²) in [5.74, 6) is -0.215. The lowest BCUT2D eigenvalue weighted by molar-refractivity contribution is 0.606. The van der Waals surface area contributed by atoms with Crippen molar-refractivity contribution in [2.75, 3.05) is 5.73 Å². The van der Waals surface area contributed by atoms with Crippen molar-refractivity contribution in [3.8, 4) is 16.9 Å². The van der Waals surface area contributed by atoms with Gasteiger partial charge in [0, 0.05) is 24.5 Å². The van der Waals surface area contributed by atoms with Gasteiger partial charge in [0.1, 0.15) is 23.7 Å². The molecule has 0 fully saturated rings. The SMILES string of the molecule is Cc1cccc2cc(Cn3nc(-c4cnn(C)c4)c4c(N)ncnc43)n(-c3ccccc3F)c(=O)c12. The number of halogens is 1. The first kappa shape index (κ1) is 21.7. The number of hydrogen-bond donors (Lipinski definition) is 1. The van der Waals surface area contributed by atoms with Crippen molar-refractivity contribution in [1.82, 2.24) is 34.1 Å². The highest BCUT2D eigenvalue weighted by Gasteiger charge is 2.21. The summed E-state index contributed by atoms with van der Waals surface area (Å²) in [7, 11) is 1.81. The van der Waals surface area contributed by atoms with Crippen LogP contribution in [0.5, 0.6) is 0 Å². The minimum absolute atomic E-state index is 0.140. The number of nitrogens with zero attached hydrogens (tertiary/aromatic N) is 7. The first-order chi connectivity index (χ1) is 17.4. The molecule has 0 bridgehead atoms. The summed E-state index contributed by atoms with van der Waals surface area (Å²) in [5.41, 5.74) is 9.28. The zero-order valence-corrected chi connectivity index (χ0v) is 19.6. The van der Waals surface area contributed by atoms with Gasteiger partial charge in [-0.25, -0.2) is 19.0 Å². The van der Waals surface area contributed by atoms with Crippen molar-refractivity contribution >= 4 is 27.6 Å². The van der Waals surface area contributed by atoms with Crippen LogP contribution in [0.2, 0.25) is 0 Å². The van der Waals surface area contributed by atoms with Gasteiger partial charge >= 0.3 is 0 Å². The monoisotopic (exact) mass is 480 g/mol. The standard InChI is InChI=1S/C26H21FN8O/c1-15-6-5-7-16-10-18(35(26(36)21(15)16)20-9-4-3-8-19(20)27)13-34-25-22(24(28)29-14-30-25)23(32-34)17-11-31-33(2)12-17/h3-12,14H,13H2,1-2H3,(H2,28,29,30). The zero-order chi connectivity index (χ0) is 25.0. The van der Waals surface area contributed by atoms with Crippen LogP contribution in [0.3, 0.4) is 0 Å². The van der Waals surface area contributed by atoms with E-state index in [9.17, 15) is 9.18 Å². The van der Waals surface area contributed by atoms with Crippen LogP contribution in [-0.2, 0) is 13.6 Å². The van der Waals surface area contributed by atoms with Gasteiger partial charge < -0.3 is 5.73 Å². The summed E-state index contributed by atoms with van der Waals surface area (Å²) in [5, 5.41) is 10.9. The number of aromatic nitrogens is 7. The Morgan fingerprint density at radius 3 is 2.67 bits per heavy atom. The van der Waals surface area contributed by atoms with Crippen molar-refractivity contribution in [3.63, 3.8) is 0 Å². The van der Waals surface area contributed by atoms with Crippen molar-refractivity contribution in [3.05, 3.63) is 94.7 Å². The van der Waals surface area contributed by atoms with Crippen LogP contribution in [0.4, 0.5) is 10.2 Å². The van der Waals surface area contributed by atoms with Crippen LogP contribution in [0.1, 0.15) is 11.3 Å². The molecular weight excluding hydrogens is 459 g/mol. The minimum Gasteiger partial charge on any atom is -0.383 e. The molecule has 0 spiro atoms. The van der Waals surface area contributed by atoms with E-state index in [1.807, 2.05) is 44.4 Å². The van der Waals surface area contributed by atoms with Crippen LogP contribution >= 0.6 is 0 Å². The number of rotatable bonds is 4. The predicted octanol–water partition coefficient (Wildman–Crippen LogP) is 3.61. The molecule has 0 aliphatic carbocycles. The normalized spacial score (nSPS) is 11.5. The summed E-state index contributed by atoms with van der Waals surface area (Å²) < 4.78 is 19.7. The number of nitrogens with two attached hydrogens (primary N) is 1. The fraction of sp³-hybridized carbons (Fsp3) is 0.115. The first-order valence-corrected chi connectivity index (χ1v) is 11.3. The highest BCUT2D eigenvalue weighted by molar-refractivity contribution is 5.98. The number of pyridine rings is 1. The molecule has 4 heterocycles. The number of fused-ring (bicyclic) bond motifs is 2. The second-order valence-corrected chi connectivity index (χ2v) is 8.63. The maximum atomic E-state index is 15.0. The summed E-state index contributed by atoms with van der Waals surface area (Å²) in [6.07, 6.45) is 4.88. The Labute approximate surface area is 204 Å². The molecule has 0 atom stereocenters. The molecule has 0 aliphatic rings.